The van der Waals surface area contributed by atoms with Crippen molar-refractivity contribution in [1.29, 1.82) is 0 Å². The summed E-state index contributed by atoms with van der Waals surface area (Å²) in [4.78, 5) is 0. The van der Waals surface area contributed by atoms with Crippen molar-refractivity contribution in [3.8, 4) is 0 Å². The van der Waals surface area contributed by atoms with Gasteiger partial charge in [-0.2, -0.15) is 0 Å². The SMILES string of the molecule is COC(C)OCCCC1CCC(C)CC1C. The van der Waals surface area contributed by atoms with Gasteiger partial charge in [0.2, 0.25) is 0 Å². The second-order valence-electron chi connectivity index (χ2n) is 5.47. The molecule has 4 unspecified atom stereocenters. The summed E-state index contributed by atoms with van der Waals surface area (Å²) in [5.41, 5.74) is 0. The first-order chi connectivity index (χ1) is 7.63. The van der Waals surface area contributed by atoms with E-state index in [9.17, 15) is 0 Å². The van der Waals surface area contributed by atoms with Crippen molar-refractivity contribution < 1.29 is 9.47 Å². The highest BCUT2D eigenvalue weighted by molar-refractivity contribution is 4.75. The average molecular weight is 228 g/mol. The molecule has 0 bridgehead atoms. The first-order valence-electron chi connectivity index (χ1n) is 6.77. The Morgan fingerprint density at radius 2 is 2.00 bits per heavy atom. The van der Waals surface area contributed by atoms with E-state index in [2.05, 4.69) is 13.8 Å². The largest absolute Gasteiger partial charge is 0.356 e. The van der Waals surface area contributed by atoms with Crippen molar-refractivity contribution in [2.75, 3.05) is 13.7 Å². The van der Waals surface area contributed by atoms with Crippen LogP contribution in [0.2, 0.25) is 0 Å². The zero-order valence-corrected chi connectivity index (χ0v) is 11.4. The maximum absolute atomic E-state index is 5.52. The molecule has 0 aromatic rings. The number of hydrogen-bond acceptors (Lipinski definition) is 2. The van der Waals surface area contributed by atoms with E-state index in [0.717, 1.165) is 24.4 Å². The molecule has 16 heavy (non-hydrogen) atoms. The molecule has 96 valence electrons. The molecule has 1 aliphatic rings. The van der Waals surface area contributed by atoms with Gasteiger partial charge in [-0.15, -0.1) is 0 Å². The Morgan fingerprint density at radius 1 is 1.25 bits per heavy atom. The quantitative estimate of drug-likeness (QED) is 0.508. The average Bonchev–Trinajstić information content (AvgIpc) is 2.26. The van der Waals surface area contributed by atoms with Gasteiger partial charge in [0.1, 0.15) is 0 Å². The third-order valence-corrected chi connectivity index (χ3v) is 4.01. The van der Waals surface area contributed by atoms with E-state index in [0.29, 0.717) is 0 Å². The van der Waals surface area contributed by atoms with Crippen LogP contribution in [0.1, 0.15) is 52.9 Å². The van der Waals surface area contributed by atoms with Crippen LogP contribution in [0.4, 0.5) is 0 Å². The summed E-state index contributed by atoms with van der Waals surface area (Å²) < 4.78 is 10.6. The van der Waals surface area contributed by atoms with E-state index in [4.69, 9.17) is 9.47 Å². The molecule has 2 heteroatoms. The van der Waals surface area contributed by atoms with Crippen molar-refractivity contribution in [3.05, 3.63) is 0 Å². The van der Waals surface area contributed by atoms with E-state index in [1.807, 2.05) is 6.92 Å². The van der Waals surface area contributed by atoms with Crippen molar-refractivity contribution in [3.63, 3.8) is 0 Å². The lowest BCUT2D eigenvalue weighted by molar-refractivity contribution is -0.112. The highest BCUT2D eigenvalue weighted by atomic mass is 16.7. The van der Waals surface area contributed by atoms with Crippen molar-refractivity contribution >= 4 is 0 Å². The molecule has 1 rings (SSSR count). The Balaban J connectivity index is 2.08. The van der Waals surface area contributed by atoms with Crippen LogP contribution in [0.3, 0.4) is 0 Å². The zero-order valence-electron chi connectivity index (χ0n) is 11.4. The molecule has 0 aliphatic heterocycles. The molecule has 4 atom stereocenters. The predicted octanol–water partition coefficient (Wildman–Crippen LogP) is 3.85. The van der Waals surface area contributed by atoms with Crippen LogP contribution in [0.15, 0.2) is 0 Å². The topological polar surface area (TPSA) is 18.5 Å². The third-order valence-electron chi connectivity index (χ3n) is 4.01. The summed E-state index contributed by atoms with van der Waals surface area (Å²) >= 11 is 0. The smallest absolute Gasteiger partial charge is 0.154 e. The van der Waals surface area contributed by atoms with Crippen molar-refractivity contribution in [2.45, 2.75) is 59.2 Å². The molecule has 0 aromatic heterocycles. The van der Waals surface area contributed by atoms with Gasteiger partial charge >= 0.3 is 0 Å². The van der Waals surface area contributed by atoms with Gasteiger partial charge in [0.25, 0.3) is 0 Å². The zero-order chi connectivity index (χ0) is 12.0. The number of methoxy groups -OCH3 is 1. The van der Waals surface area contributed by atoms with Crippen LogP contribution in [0.25, 0.3) is 0 Å². The summed E-state index contributed by atoms with van der Waals surface area (Å²) in [7, 11) is 1.69. The second-order valence-corrected chi connectivity index (χ2v) is 5.47. The maximum Gasteiger partial charge on any atom is 0.154 e. The molecular formula is C14H28O2. The van der Waals surface area contributed by atoms with Gasteiger partial charge in [-0.05, 0) is 50.4 Å². The van der Waals surface area contributed by atoms with E-state index in [-0.39, 0.29) is 6.29 Å². The van der Waals surface area contributed by atoms with Crippen LogP contribution in [0, 0.1) is 17.8 Å². The Bertz CT molecular complexity index is 182. The van der Waals surface area contributed by atoms with Crippen LogP contribution in [-0.4, -0.2) is 20.0 Å². The Hall–Kier alpha value is -0.0800. The molecule has 0 amide bonds. The lowest BCUT2D eigenvalue weighted by atomic mass is 9.74. The molecule has 1 aliphatic carbocycles. The van der Waals surface area contributed by atoms with Crippen molar-refractivity contribution in [1.82, 2.24) is 0 Å². The summed E-state index contributed by atoms with van der Waals surface area (Å²) in [5.74, 6) is 2.78. The number of rotatable bonds is 6. The van der Waals surface area contributed by atoms with Gasteiger partial charge in [-0.1, -0.05) is 20.3 Å². The monoisotopic (exact) mass is 228 g/mol. The molecule has 0 spiro atoms. The summed E-state index contributed by atoms with van der Waals surface area (Å²) in [6, 6.07) is 0. The van der Waals surface area contributed by atoms with Crippen LogP contribution < -0.4 is 0 Å². The molecule has 0 aromatic carbocycles. The minimum Gasteiger partial charge on any atom is -0.356 e. The van der Waals surface area contributed by atoms with Gasteiger partial charge in [-0.3, -0.25) is 0 Å². The summed E-state index contributed by atoms with van der Waals surface area (Å²) in [5, 5.41) is 0. The minimum absolute atomic E-state index is 0.0520. The standard InChI is InChI=1S/C14H28O2/c1-11-7-8-14(12(2)10-11)6-5-9-16-13(3)15-4/h11-14H,5-10H2,1-4H3. The van der Waals surface area contributed by atoms with Gasteiger partial charge < -0.3 is 9.47 Å². The van der Waals surface area contributed by atoms with E-state index >= 15 is 0 Å². The van der Waals surface area contributed by atoms with Gasteiger partial charge in [-0.25, -0.2) is 0 Å². The Labute approximate surface area is 101 Å². The van der Waals surface area contributed by atoms with E-state index < -0.39 is 0 Å². The highest BCUT2D eigenvalue weighted by Gasteiger charge is 2.24. The molecule has 1 saturated carbocycles. The van der Waals surface area contributed by atoms with E-state index in [1.165, 1.54) is 32.1 Å². The lowest BCUT2D eigenvalue weighted by Crippen LogP contribution is -2.22. The molecule has 0 saturated heterocycles. The molecule has 0 radical (unpaired) electrons. The molecule has 1 fully saturated rings. The fraction of sp³-hybridized carbons (Fsp3) is 1.00. The summed E-state index contributed by atoms with van der Waals surface area (Å²) in [6.45, 7) is 7.59. The maximum atomic E-state index is 5.52. The van der Waals surface area contributed by atoms with Crippen LogP contribution >= 0.6 is 0 Å². The van der Waals surface area contributed by atoms with Crippen LogP contribution in [0.5, 0.6) is 0 Å². The first kappa shape index (κ1) is 14.0. The molecule has 2 nitrogen and oxygen atoms in total. The fourth-order valence-electron chi connectivity index (χ4n) is 2.82. The summed E-state index contributed by atoms with van der Waals surface area (Å²) in [6.07, 6.45) is 6.71. The normalized spacial score (nSPS) is 32.6. The molecule has 0 N–H and O–H groups in total. The third kappa shape index (κ3) is 4.84. The first-order valence-corrected chi connectivity index (χ1v) is 6.77. The number of hydrogen-bond donors (Lipinski definition) is 0. The predicted molar refractivity (Wildman–Crippen MR) is 67.3 cm³/mol. The lowest BCUT2D eigenvalue weighted by Gasteiger charge is -2.32. The highest BCUT2D eigenvalue weighted by Crippen LogP contribution is 2.35. The number of ether oxygens (including phenoxy) is 2. The Morgan fingerprint density at radius 3 is 2.62 bits per heavy atom. The molecule has 0 heterocycles. The van der Waals surface area contributed by atoms with Gasteiger partial charge in [0.15, 0.2) is 6.29 Å². The van der Waals surface area contributed by atoms with Gasteiger partial charge in [0.05, 0.1) is 0 Å². The fourth-order valence-corrected chi connectivity index (χ4v) is 2.82. The van der Waals surface area contributed by atoms with Crippen molar-refractivity contribution in [2.24, 2.45) is 17.8 Å². The van der Waals surface area contributed by atoms with E-state index in [1.54, 1.807) is 7.11 Å². The molecular weight excluding hydrogens is 200 g/mol. The van der Waals surface area contributed by atoms with Crippen LogP contribution in [-0.2, 0) is 9.47 Å². The van der Waals surface area contributed by atoms with Gasteiger partial charge in [0, 0.05) is 13.7 Å². The minimum atomic E-state index is -0.0520. The Kier molecular flexibility index (Phi) is 6.37. The second kappa shape index (κ2) is 7.29.